The van der Waals surface area contributed by atoms with Gasteiger partial charge in [0.05, 0.1) is 15.7 Å². The Kier molecular flexibility index (Phi) is 5.70. The molecule has 1 saturated heterocycles. The summed E-state index contributed by atoms with van der Waals surface area (Å²) in [5.74, 6) is -0.0435. The van der Waals surface area contributed by atoms with Crippen molar-refractivity contribution in [3.8, 4) is 0 Å². The van der Waals surface area contributed by atoms with Gasteiger partial charge in [-0.25, -0.2) is 0 Å². The molecule has 3 nitrogen and oxygen atoms in total. The maximum atomic E-state index is 12.1. The molecule has 1 aliphatic heterocycles. The molecule has 1 heterocycles. The van der Waals surface area contributed by atoms with Gasteiger partial charge in [-0.05, 0) is 45.0 Å². The molecular weight excluding hydrogens is 295 g/mol. The SMILES string of the molecule is CC(CC(=O)Nc1c(Cl)cccc1Cl)N1CCCCC1. The molecule has 0 aliphatic carbocycles. The molecule has 1 aromatic carbocycles. The lowest BCUT2D eigenvalue weighted by Gasteiger charge is -2.32. The van der Waals surface area contributed by atoms with Crippen LogP contribution in [0.4, 0.5) is 5.69 Å². The lowest BCUT2D eigenvalue weighted by molar-refractivity contribution is -0.117. The summed E-state index contributed by atoms with van der Waals surface area (Å²) in [4.78, 5) is 14.5. The fourth-order valence-corrected chi connectivity index (χ4v) is 3.06. The van der Waals surface area contributed by atoms with Crippen molar-refractivity contribution in [2.24, 2.45) is 0 Å². The summed E-state index contributed by atoms with van der Waals surface area (Å²) in [5, 5.41) is 3.76. The largest absolute Gasteiger partial charge is 0.323 e. The van der Waals surface area contributed by atoms with Crippen LogP contribution < -0.4 is 5.32 Å². The molecule has 0 aromatic heterocycles. The number of carbonyl (C=O) groups excluding carboxylic acids is 1. The third-order valence-corrected chi connectivity index (χ3v) is 4.35. The third-order valence-electron chi connectivity index (χ3n) is 3.72. The van der Waals surface area contributed by atoms with Crippen LogP contribution in [-0.4, -0.2) is 29.9 Å². The van der Waals surface area contributed by atoms with Gasteiger partial charge in [0.1, 0.15) is 0 Å². The van der Waals surface area contributed by atoms with E-state index in [1.165, 1.54) is 19.3 Å². The van der Waals surface area contributed by atoms with Gasteiger partial charge in [0, 0.05) is 12.5 Å². The van der Waals surface area contributed by atoms with Crippen molar-refractivity contribution in [3.63, 3.8) is 0 Å². The van der Waals surface area contributed by atoms with Crippen LogP contribution in [0.2, 0.25) is 10.0 Å². The minimum Gasteiger partial charge on any atom is -0.323 e. The highest BCUT2D eigenvalue weighted by molar-refractivity contribution is 6.39. The number of piperidine rings is 1. The molecule has 0 spiro atoms. The van der Waals surface area contributed by atoms with E-state index >= 15 is 0 Å². The van der Waals surface area contributed by atoms with Crippen LogP contribution in [0.25, 0.3) is 0 Å². The summed E-state index contributed by atoms with van der Waals surface area (Å²) >= 11 is 12.1. The molecule has 0 bridgehead atoms. The second-order valence-electron chi connectivity index (χ2n) is 5.29. The Bertz CT molecular complexity index is 453. The number of hydrogen-bond donors (Lipinski definition) is 1. The molecule has 1 fully saturated rings. The van der Waals surface area contributed by atoms with Crippen LogP contribution in [0.15, 0.2) is 18.2 Å². The first kappa shape index (κ1) is 15.6. The van der Waals surface area contributed by atoms with E-state index in [9.17, 15) is 4.79 Å². The summed E-state index contributed by atoms with van der Waals surface area (Å²) in [6, 6.07) is 5.45. The van der Waals surface area contributed by atoms with Gasteiger partial charge < -0.3 is 10.2 Å². The summed E-state index contributed by atoms with van der Waals surface area (Å²) in [5.41, 5.74) is 0.506. The highest BCUT2D eigenvalue weighted by atomic mass is 35.5. The van der Waals surface area contributed by atoms with Crippen LogP contribution >= 0.6 is 23.2 Å². The number of hydrogen-bond acceptors (Lipinski definition) is 2. The predicted octanol–water partition coefficient (Wildman–Crippen LogP) is 4.20. The van der Waals surface area contributed by atoms with Gasteiger partial charge in [0.25, 0.3) is 0 Å². The topological polar surface area (TPSA) is 32.3 Å². The zero-order valence-corrected chi connectivity index (χ0v) is 13.2. The minimum atomic E-state index is -0.0435. The number of carbonyl (C=O) groups is 1. The van der Waals surface area contributed by atoms with Gasteiger partial charge in [-0.3, -0.25) is 4.79 Å². The average Bonchev–Trinajstić information content (AvgIpc) is 2.44. The highest BCUT2D eigenvalue weighted by Gasteiger charge is 2.20. The highest BCUT2D eigenvalue weighted by Crippen LogP contribution is 2.30. The van der Waals surface area contributed by atoms with E-state index < -0.39 is 0 Å². The summed E-state index contributed by atoms with van der Waals surface area (Å²) < 4.78 is 0. The van der Waals surface area contributed by atoms with Crippen molar-refractivity contribution in [1.82, 2.24) is 4.90 Å². The van der Waals surface area contributed by atoms with Crippen LogP contribution in [-0.2, 0) is 4.79 Å². The Labute approximate surface area is 130 Å². The first-order valence-electron chi connectivity index (χ1n) is 7.06. The Morgan fingerprint density at radius 3 is 2.45 bits per heavy atom. The van der Waals surface area contributed by atoms with E-state index in [1.807, 2.05) is 0 Å². The molecule has 5 heteroatoms. The van der Waals surface area contributed by atoms with E-state index in [-0.39, 0.29) is 11.9 Å². The Morgan fingerprint density at radius 1 is 1.25 bits per heavy atom. The lowest BCUT2D eigenvalue weighted by atomic mass is 10.1. The number of nitrogens with one attached hydrogen (secondary N) is 1. The van der Waals surface area contributed by atoms with Crippen molar-refractivity contribution in [3.05, 3.63) is 28.2 Å². The van der Waals surface area contributed by atoms with Crippen LogP contribution in [0.3, 0.4) is 0 Å². The fraction of sp³-hybridized carbons (Fsp3) is 0.533. The number of amides is 1. The lowest BCUT2D eigenvalue weighted by Crippen LogP contribution is -2.39. The molecule has 110 valence electrons. The monoisotopic (exact) mass is 314 g/mol. The second-order valence-corrected chi connectivity index (χ2v) is 6.11. The van der Waals surface area contributed by atoms with Gasteiger partial charge in [0.2, 0.25) is 5.91 Å². The van der Waals surface area contributed by atoms with Gasteiger partial charge in [-0.1, -0.05) is 35.7 Å². The number of benzene rings is 1. The van der Waals surface area contributed by atoms with Crippen molar-refractivity contribution in [2.45, 2.75) is 38.6 Å². The van der Waals surface area contributed by atoms with E-state index in [1.54, 1.807) is 18.2 Å². The van der Waals surface area contributed by atoms with Crippen molar-refractivity contribution < 1.29 is 4.79 Å². The molecule has 1 N–H and O–H groups in total. The third kappa shape index (κ3) is 4.11. The fourth-order valence-electron chi connectivity index (χ4n) is 2.56. The standard InChI is InChI=1S/C15H20Cl2N2O/c1-11(19-8-3-2-4-9-19)10-14(20)18-15-12(16)6-5-7-13(15)17/h5-7,11H,2-4,8-10H2,1H3,(H,18,20). The number of para-hydroxylation sites is 1. The molecule has 1 amide bonds. The van der Waals surface area contributed by atoms with Crippen LogP contribution in [0, 0.1) is 0 Å². The molecular formula is C15H20Cl2N2O. The van der Waals surface area contributed by atoms with Gasteiger partial charge in [-0.2, -0.15) is 0 Å². The van der Waals surface area contributed by atoms with Gasteiger partial charge in [-0.15, -0.1) is 0 Å². The van der Waals surface area contributed by atoms with E-state index in [0.29, 0.717) is 22.2 Å². The van der Waals surface area contributed by atoms with E-state index in [2.05, 4.69) is 17.1 Å². The minimum absolute atomic E-state index is 0.0435. The summed E-state index contributed by atoms with van der Waals surface area (Å²) in [6.45, 7) is 4.27. The quantitative estimate of drug-likeness (QED) is 0.903. The van der Waals surface area contributed by atoms with E-state index in [4.69, 9.17) is 23.2 Å². The molecule has 0 radical (unpaired) electrons. The zero-order valence-electron chi connectivity index (χ0n) is 11.7. The normalized spacial score (nSPS) is 17.8. The number of rotatable bonds is 4. The first-order chi connectivity index (χ1) is 9.58. The number of nitrogens with zero attached hydrogens (tertiary/aromatic N) is 1. The van der Waals surface area contributed by atoms with Gasteiger partial charge in [0.15, 0.2) is 0 Å². The van der Waals surface area contributed by atoms with E-state index in [0.717, 1.165) is 13.1 Å². The van der Waals surface area contributed by atoms with Crippen molar-refractivity contribution in [2.75, 3.05) is 18.4 Å². The Hall–Kier alpha value is -0.770. The number of halogens is 2. The van der Waals surface area contributed by atoms with Crippen LogP contribution in [0.1, 0.15) is 32.6 Å². The van der Waals surface area contributed by atoms with Crippen LogP contribution in [0.5, 0.6) is 0 Å². The Morgan fingerprint density at radius 2 is 1.85 bits per heavy atom. The number of likely N-dealkylation sites (tertiary alicyclic amines) is 1. The van der Waals surface area contributed by atoms with Crippen molar-refractivity contribution >= 4 is 34.8 Å². The molecule has 2 rings (SSSR count). The maximum absolute atomic E-state index is 12.1. The molecule has 1 aliphatic rings. The first-order valence-corrected chi connectivity index (χ1v) is 7.81. The maximum Gasteiger partial charge on any atom is 0.226 e. The molecule has 1 aromatic rings. The predicted molar refractivity (Wildman–Crippen MR) is 84.6 cm³/mol. The molecule has 1 atom stereocenters. The Balaban J connectivity index is 1.91. The summed E-state index contributed by atoms with van der Waals surface area (Å²) in [6.07, 6.45) is 4.21. The van der Waals surface area contributed by atoms with Crippen molar-refractivity contribution in [1.29, 1.82) is 0 Å². The van der Waals surface area contributed by atoms with Gasteiger partial charge >= 0.3 is 0 Å². The molecule has 20 heavy (non-hydrogen) atoms. The molecule has 0 saturated carbocycles. The molecule has 1 unspecified atom stereocenters. The summed E-state index contributed by atoms with van der Waals surface area (Å²) in [7, 11) is 0. The second kappa shape index (κ2) is 7.30. The number of anilines is 1. The zero-order chi connectivity index (χ0) is 14.5. The average molecular weight is 315 g/mol. The smallest absolute Gasteiger partial charge is 0.226 e.